The van der Waals surface area contributed by atoms with Gasteiger partial charge >= 0.3 is 0 Å². The zero-order valence-corrected chi connectivity index (χ0v) is 23.4. The molecular weight excluding hydrogens is 507 g/mol. The second-order valence-corrected chi connectivity index (χ2v) is 9.54. The molecule has 0 radical (unpaired) electrons. The Morgan fingerprint density at radius 3 is 0.732 bits per heavy atom. The van der Waals surface area contributed by atoms with Gasteiger partial charge in [-0.2, -0.15) is 21.9 Å². The summed E-state index contributed by atoms with van der Waals surface area (Å²) in [4.78, 5) is 0. The Labute approximate surface area is 243 Å². The van der Waals surface area contributed by atoms with Gasteiger partial charge in [-0.15, -0.1) is 0 Å². The largest absolute Gasteiger partial charge is 0.490 e. The van der Waals surface area contributed by atoms with Gasteiger partial charge in [0.2, 0.25) is 0 Å². The zero-order valence-electron chi connectivity index (χ0n) is 23.4. The third-order valence-electron chi connectivity index (χ3n) is 6.99. The van der Waals surface area contributed by atoms with Crippen molar-refractivity contribution in [1.29, 1.82) is 0 Å². The van der Waals surface area contributed by atoms with Crippen molar-refractivity contribution in [2.24, 2.45) is 0 Å². The monoisotopic (exact) mass is 543 g/mol. The summed E-state index contributed by atoms with van der Waals surface area (Å²) in [6, 6.07) is 33.3. The van der Waals surface area contributed by atoms with E-state index < -0.39 is 6.15 Å². The molecule has 4 nitrogen and oxygen atoms in total. The fourth-order valence-corrected chi connectivity index (χ4v) is 5.19. The first-order valence-electron chi connectivity index (χ1n) is 13.7. The van der Waals surface area contributed by atoms with Crippen molar-refractivity contribution in [3.63, 3.8) is 0 Å². The zero-order chi connectivity index (χ0) is 28.9. The van der Waals surface area contributed by atoms with Crippen LogP contribution in [0.4, 0.5) is 0 Å². The number of hydrogen-bond acceptors (Lipinski definition) is 4. The van der Waals surface area contributed by atoms with E-state index in [-0.39, 0.29) is 0 Å². The Balaban J connectivity index is 1.93. The van der Waals surface area contributed by atoms with Crippen molar-refractivity contribution in [2.45, 2.75) is 0 Å². The lowest BCUT2D eigenvalue weighted by Crippen LogP contribution is -2.74. The molecule has 0 fully saturated rings. The number of ether oxygens (including phenoxy) is 4. The smallest absolute Gasteiger partial charge is 0.119 e. The predicted molar refractivity (Wildman–Crippen MR) is 173 cm³/mol. The number of rotatable bonds is 16. The minimum Gasteiger partial charge on any atom is -0.490 e. The molecule has 0 atom stereocenters. The van der Waals surface area contributed by atoms with E-state index in [0.717, 1.165) is 44.8 Å². The Morgan fingerprint density at radius 2 is 0.561 bits per heavy atom. The highest BCUT2D eigenvalue weighted by atomic mass is 16.5. The second-order valence-electron chi connectivity index (χ2n) is 9.54. The van der Waals surface area contributed by atoms with Crippen LogP contribution in [0.1, 0.15) is 0 Å². The predicted octanol–water partition coefficient (Wildman–Crippen LogP) is 5.32. The molecule has 41 heavy (non-hydrogen) atoms. The van der Waals surface area contributed by atoms with Gasteiger partial charge in [0.25, 0.3) is 0 Å². The van der Waals surface area contributed by atoms with Crippen molar-refractivity contribution >= 4 is 28.0 Å². The number of hydrogen-bond donors (Lipinski definition) is 0. The lowest BCUT2D eigenvalue weighted by Gasteiger charge is -2.44. The van der Waals surface area contributed by atoms with Gasteiger partial charge in [-0.3, -0.25) is 0 Å². The molecule has 0 aliphatic carbocycles. The van der Waals surface area contributed by atoms with Crippen LogP contribution in [-0.2, 0) is 0 Å². The van der Waals surface area contributed by atoms with Gasteiger partial charge in [-0.1, -0.05) is 99.2 Å². The molecule has 0 aliphatic heterocycles. The summed E-state index contributed by atoms with van der Waals surface area (Å²) >= 11 is 0. The van der Waals surface area contributed by atoms with Crippen molar-refractivity contribution in [2.75, 3.05) is 26.4 Å². The molecule has 0 spiro atoms. The molecule has 0 aromatic heterocycles. The van der Waals surface area contributed by atoms with Gasteiger partial charge in [0.1, 0.15) is 55.6 Å². The molecule has 0 saturated carbocycles. The van der Waals surface area contributed by atoms with Crippen LogP contribution in [0.2, 0.25) is 0 Å². The van der Waals surface area contributed by atoms with Crippen molar-refractivity contribution < 1.29 is 18.9 Å². The van der Waals surface area contributed by atoms with Crippen LogP contribution in [0.5, 0.6) is 23.0 Å². The molecule has 208 valence electrons. The Morgan fingerprint density at radius 1 is 0.366 bits per heavy atom. The Bertz CT molecular complexity index is 1200. The molecule has 0 bridgehead atoms. The standard InChI is InChI=1S/C36H36BO4/c1-5-25-38-33-17-9-29(10-18-33)37(30-11-19-34(20-12-30)39-26-6-2,31-13-21-35(22-14-31)40-27-7-3)32-15-23-36(24-16-32)41-28-8-4/h5-24H,1-4,25-28H2/q-1. The first-order valence-corrected chi connectivity index (χ1v) is 13.7. The van der Waals surface area contributed by atoms with Crippen LogP contribution >= 0.6 is 0 Å². The lowest BCUT2D eigenvalue weighted by molar-refractivity contribution is 0.363. The fourth-order valence-electron chi connectivity index (χ4n) is 5.19. The molecule has 5 heteroatoms. The van der Waals surface area contributed by atoms with Crippen LogP contribution in [0.3, 0.4) is 0 Å². The lowest BCUT2D eigenvalue weighted by atomic mass is 9.13. The third-order valence-corrected chi connectivity index (χ3v) is 6.99. The summed E-state index contributed by atoms with van der Waals surface area (Å²) in [7, 11) is 0. The SMILES string of the molecule is C=CCOc1ccc([B-](c2ccc(OCC=C)cc2)(c2ccc(OCC=C)cc2)c2ccc(OCC=C)cc2)cc1. The van der Waals surface area contributed by atoms with Crippen molar-refractivity contribution in [3.05, 3.63) is 148 Å². The maximum atomic E-state index is 5.81. The van der Waals surface area contributed by atoms with Gasteiger partial charge in [0.05, 0.1) is 0 Å². The topological polar surface area (TPSA) is 36.9 Å². The molecule has 0 aliphatic rings. The molecule has 0 saturated heterocycles. The molecule has 0 amide bonds. The summed E-state index contributed by atoms with van der Waals surface area (Å²) in [6.45, 7) is 16.8. The van der Waals surface area contributed by atoms with Crippen LogP contribution in [0.25, 0.3) is 0 Å². The van der Waals surface area contributed by atoms with Gasteiger partial charge in [0.15, 0.2) is 0 Å². The van der Waals surface area contributed by atoms with Gasteiger partial charge in [0, 0.05) is 0 Å². The normalized spacial score (nSPS) is 10.7. The van der Waals surface area contributed by atoms with Crippen LogP contribution < -0.4 is 40.8 Å². The fraction of sp³-hybridized carbons (Fsp3) is 0.111. The minimum atomic E-state index is -1.64. The number of benzene rings is 4. The van der Waals surface area contributed by atoms with Crippen molar-refractivity contribution in [3.8, 4) is 23.0 Å². The molecule has 0 unspecified atom stereocenters. The van der Waals surface area contributed by atoms with E-state index in [2.05, 4.69) is 74.8 Å². The van der Waals surface area contributed by atoms with Gasteiger partial charge < -0.3 is 18.9 Å². The highest BCUT2D eigenvalue weighted by Crippen LogP contribution is 2.19. The second kappa shape index (κ2) is 14.5. The summed E-state index contributed by atoms with van der Waals surface area (Å²) in [5.74, 6) is 3.14. The van der Waals surface area contributed by atoms with Crippen LogP contribution in [-0.4, -0.2) is 32.6 Å². The van der Waals surface area contributed by atoms with Crippen LogP contribution in [0.15, 0.2) is 148 Å². The maximum absolute atomic E-state index is 5.81. The van der Waals surface area contributed by atoms with E-state index >= 15 is 0 Å². The minimum absolute atomic E-state index is 0.445. The highest BCUT2D eigenvalue weighted by Gasteiger charge is 2.32. The maximum Gasteiger partial charge on any atom is 0.119 e. The average molecular weight is 543 g/mol. The van der Waals surface area contributed by atoms with E-state index in [1.165, 1.54) is 0 Å². The van der Waals surface area contributed by atoms with Crippen molar-refractivity contribution in [1.82, 2.24) is 0 Å². The molecule has 0 N–H and O–H groups in total. The van der Waals surface area contributed by atoms with E-state index in [0.29, 0.717) is 26.4 Å². The first-order chi connectivity index (χ1) is 20.1. The molecule has 4 aromatic rings. The Hall–Kier alpha value is -4.90. The molecular formula is C36H36BO4-. The molecule has 4 aromatic carbocycles. The molecule has 0 heterocycles. The Kier molecular flexibility index (Phi) is 10.3. The summed E-state index contributed by atoms with van der Waals surface area (Å²) in [5.41, 5.74) is 4.54. The van der Waals surface area contributed by atoms with Crippen LogP contribution in [0, 0.1) is 0 Å². The average Bonchev–Trinajstić information content (AvgIpc) is 3.03. The van der Waals surface area contributed by atoms with E-state index in [1.54, 1.807) is 24.3 Å². The van der Waals surface area contributed by atoms with E-state index in [1.807, 2.05) is 48.5 Å². The van der Waals surface area contributed by atoms with Gasteiger partial charge in [-0.25, -0.2) is 0 Å². The quantitative estimate of drug-likeness (QED) is 0.142. The third kappa shape index (κ3) is 6.82. The van der Waals surface area contributed by atoms with E-state index in [9.17, 15) is 0 Å². The summed E-state index contributed by atoms with van der Waals surface area (Å²) < 4.78 is 23.3. The highest BCUT2D eigenvalue weighted by molar-refractivity contribution is 7.19. The van der Waals surface area contributed by atoms with Gasteiger partial charge in [-0.05, 0) is 48.5 Å². The van der Waals surface area contributed by atoms with E-state index in [4.69, 9.17) is 18.9 Å². The summed E-state index contributed by atoms with van der Waals surface area (Å²) in [5, 5.41) is 0. The first kappa shape index (κ1) is 29.1. The summed E-state index contributed by atoms with van der Waals surface area (Å²) in [6.07, 6.45) is 5.32. The molecule has 4 rings (SSSR count).